The Hall–Kier alpha value is -0.980. The zero-order chi connectivity index (χ0) is 14.1. The van der Waals surface area contributed by atoms with Crippen LogP contribution >= 0.6 is 0 Å². The highest BCUT2D eigenvalue weighted by Crippen LogP contribution is 2.29. The third-order valence-corrected chi connectivity index (χ3v) is 4.68. The van der Waals surface area contributed by atoms with Gasteiger partial charge in [-0.3, -0.25) is 4.90 Å². The first kappa shape index (κ1) is 14.0. The second-order valence-electron chi connectivity index (χ2n) is 6.02. The number of hydrogen-bond acceptors (Lipinski definition) is 6. The molecule has 2 N–H and O–H groups in total. The first-order chi connectivity index (χ1) is 9.69. The highest BCUT2D eigenvalue weighted by Gasteiger charge is 2.35. The van der Waals surface area contributed by atoms with Crippen molar-refractivity contribution in [3.63, 3.8) is 0 Å². The first-order valence-corrected chi connectivity index (χ1v) is 7.63. The van der Waals surface area contributed by atoms with Crippen LogP contribution in [-0.4, -0.2) is 40.8 Å². The van der Waals surface area contributed by atoms with Gasteiger partial charge in [-0.2, -0.15) is 4.98 Å². The minimum Gasteiger partial charge on any atom is -0.367 e. The zero-order valence-corrected chi connectivity index (χ0v) is 12.3. The van der Waals surface area contributed by atoms with E-state index >= 15 is 0 Å². The molecule has 0 radical (unpaired) electrons. The lowest BCUT2D eigenvalue weighted by Gasteiger charge is -2.33. The molecular formula is C14H24N4O2. The van der Waals surface area contributed by atoms with Gasteiger partial charge in [0, 0.05) is 12.6 Å². The summed E-state index contributed by atoms with van der Waals surface area (Å²) in [7, 11) is 0. The summed E-state index contributed by atoms with van der Waals surface area (Å²) in [6.07, 6.45) is 3.42. The van der Waals surface area contributed by atoms with Gasteiger partial charge in [0.2, 0.25) is 11.7 Å². The van der Waals surface area contributed by atoms with Gasteiger partial charge in [-0.05, 0) is 25.3 Å². The van der Waals surface area contributed by atoms with Gasteiger partial charge in [-0.25, -0.2) is 0 Å². The Morgan fingerprint density at radius 1 is 1.50 bits per heavy atom. The van der Waals surface area contributed by atoms with Gasteiger partial charge in [0.1, 0.15) is 6.10 Å². The highest BCUT2D eigenvalue weighted by molar-refractivity contribution is 4.99. The van der Waals surface area contributed by atoms with Gasteiger partial charge in [-0.15, -0.1) is 0 Å². The molecule has 0 bridgehead atoms. The first-order valence-electron chi connectivity index (χ1n) is 7.63. The summed E-state index contributed by atoms with van der Waals surface area (Å²) in [5.74, 6) is 1.50. The van der Waals surface area contributed by atoms with Crippen LogP contribution in [0.4, 0.5) is 0 Å². The molecule has 0 aliphatic carbocycles. The van der Waals surface area contributed by atoms with Crippen molar-refractivity contribution < 1.29 is 9.26 Å². The molecule has 6 nitrogen and oxygen atoms in total. The number of fused-ring (bicyclic) bond motifs is 1. The van der Waals surface area contributed by atoms with Crippen LogP contribution in [0.3, 0.4) is 0 Å². The fourth-order valence-corrected chi connectivity index (χ4v) is 2.98. The molecule has 3 rings (SSSR count). The molecule has 6 heteroatoms. The number of aromatic nitrogens is 2. The molecule has 3 heterocycles. The van der Waals surface area contributed by atoms with E-state index in [1.165, 1.54) is 12.8 Å². The van der Waals surface area contributed by atoms with Crippen LogP contribution in [0.5, 0.6) is 0 Å². The van der Waals surface area contributed by atoms with Crippen LogP contribution in [0.15, 0.2) is 4.52 Å². The SMILES string of the molecule is CC[C@H](C)[C@H](N)c1nc(C2CN3CCCC3CO2)no1. The van der Waals surface area contributed by atoms with E-state index in [4.69, 9.17) is 15.0 Å². The second kappa shape index (κ2) is 5.79. The molecule has 0 spiro atoms. The Bertz CT molecular complexity index is 450. The molecule has 4 atom stereocenters. The monoisotopic (exact) mass is 280 g/mol. The molecule has 20 heavy (non-hydrogen) atoms. The Kier molecular flexibility index (Phi) is 4.05. The van der Waals surface area contributed by atoms with E-state index in [1.807, 2.05) is 0 Å². The summed E-state index contributed by atoms with van der Waals surface area (Å²) in [6, 6.07) is 0.393. The summed E-state index contributed by atoms with van der Waals surface area (Å²) in [5, 5.41) is 4.07. The van der Waals surface area contributed by atoms with Crippen LogP contribution in [0, 0.1) is 5.92 Å². The normalized spacial score (nSPS) is 30.1. The molecule has 1 aromatic rings. The van der Waals surface area contributed by atoms with Crippen molar-refractivity contribution in [2.75, 3.05) is 19.7 Å². The smallest absolute Gasteiger partial charge is 0.243 e. The average Bonchev–Trinajstić information content (AvgIpc) is 3.13. The fourth-order valence-electron chi connectivity index (χ4n) is 2.98. The van der Waals surface area contributed by atoms with Crippen molar-refractivity contribution in [1.29, 1.82) is 0 Å². The highest BCUT2D eigenvalue weighted by atomic mass is 16.5. The van der Waals surface area contributed by atoms with Crippen molar-refractivity contribution in [3.8, 4) is 0 Å². The Morgan fingerprint density at radius 3 is 3.15 bits per heavy atom. The minimum absolute atomic E-state index is 0.0778. The Balaban J connectivity index is 1.67. The largest absolute Gasteiger partial charge is 0.367 e. The number of nitrogens with two attached hydrogens (primary N) is 1. The van der Waals surface area contributed by atoms with Crippen molar-refractivity contribution in [3.05, 3.63) is 11.7 Å². The molecule has 112 valence electrons. The van der Waals surface area contributed by atoms with E-state index < -0.39 is 0 Å². The van der Waals surface area contributed by atoms with Gasteiger partial charge < -0.3 is 15.0 Å². The van der Waals surface area contributed by atoms with Gasteiger partial charge in [0.15, 0.2) is 0 Å². The molecule has 1 aromatic heterocycles. The van der Waals surface area contributed by atoms with E-state index in [9.17, 15) is 0 Å². The molecule has 0 amide bonds. The minimum atomic E-state index is -0.190. The maximum atomic E-state index is 6.13. The Morgan fingerprint density at radius 2 is 2.35 bits per heavy atom. The van der Waals surface area contributed by atoms with Crippen LogP contribution in [0.2, 0.25) is 0 Å². The standard InChI is InChI=1S/C14H24N4O2/c1-3-9(2)12(15)14-16-13(17-20-14)11-7-18-6-4-5-10(18)8-19-11/h9-12H,3-8,15H2,1-2H3/t9-,10?,11?,12-/m0/s1. The van der Waals surface area contributed by atoms with Crippen LogP contribution in [0.1, 0.15) is 57.0 Å². The third kappa shape index (κ3) is 2.60. The maximum Gasteiger partial charge on any atom is 0.243 e. The lowest BCUT2D eigenvalue weighted by molar-refractivity contribution is -0.0548. The summed E-state index contributed by atoms with van der Waals surface area (Å²) in [5.41, 5.74) is 6.13. The molecule has 2 aliphatic rings. The number of rotatable bonds is 4. The molecule has 2 saturated heterocycles. The number of ether oxygens (including phenoxy) is 1. The molecule has 2 fully saturated rings. The van der Waals surface area contributed by atoms with Gasteiger partial charge in [0.05, 0.1) is 12.6 Å². The van der Waals surface area contributed by atoms with E-state index in [0.717, 1.165) is 26.1 Å². The lowest BCUT2D eigenvalue weighted by atomic mass is 10.0. The van der Waals surface area contributed by atoms with Crippen molar-refractivity contribution in [2.45, 2.75) is 51.3 Å². The lowest BCUT2D eigenvalue weighted by Crippen LogP contribution is -2.42. The quantitative estimate of drug-likeness (QED) is 0.903. The molecule has 2 aliphatic heterocycles. The topological polar surface area (TPSA) is 77.4 Å². The van der Waals surface area contributed by atoms with Crippen LogP contribution in [0.25, 0.3) is 0 Å². The zero-order valence-electron chi connectivity index (χ0n) is 12.3. The molecular weight excluding hydrogens is 256 g/mol. The third-order valence-electron chi connectivity index (χ3n) is 4.68. The average molecular weight is 280 g/mol. The van der Waals surface area contributed by atoms with Crippen molar-refractivity contribution in [1.82, 2.24) is 15.0 Å². The van der Waals surface area contributed by atoms with E-state index in [2.05, 4.69) is 28.9 Å². The number of nitrogens with zero attached hydrogens (tertiary/aromatic N) is 3. The second-order valence-corrected chi connectivity index (χ2v) is 6.02. The van der Waals surface area contributed by atoms with Crippen LogP contribution in [-0.2, 0) is 4.74 Å². The summed E-state index contributed by atoms with van der Waals surface area (Å²) >= 11 is 0. The van der Waals surface area contributed by atoms with Gasteiger partial charge >= 0.3 is 0 Å². The van der Waals surface area contributed by atoms with E-state index in [0.29, 0.717) is 23.7 Å². The summed E-state index contributed by atoms with van der Waals surface area (Å²) in [6.45, 7) is 7.00. The van der Waals surface area contributed by atoms with Gasteiger partial charge in [-0.1, -0.05) is 25.4 Å². The number of morpholine rings is 1. The molecule has 0 aromatic carbocycles. The van der Waals surface area contributed by atoms with E-state index in [-0.39, 0.29) is 12.1 Å². The molecule has 0 saturated carbocycles. The summed E-state index contributed by atoms with van der Waals surface area (Å²) in [4.78, 5) is 6.93. The van der Waals surface area contributed by atoms with Crippen molar-refractivity contribution in [2.24, 2.45) is 11.7 Å². The summed E-state index contributed by atoms with van der Waals surface area (Å²) < 4.78 is 11.2. The van der Waals surface area contributed by atoms with Crippen LogP contribution < -0.4 is 5.73 Å². The fraction of sp³-hybridized carbons (Fsp3) is 0.857. The van der Waals surface area contributed by atoms with Crippen molar-refractivity contribution >= 4 is 0 Å². The molecule has 2 unspecified atom stereocenters. The Labute approximate surface area is 119 Å². The maximum absolute atomic E-state index is 6.13. The predicted octanol–water partition coefficient (Wildman–Crippen LogP) is 1.65. The van der Waals surface area contributed by atoms with E-state index in [1.54, 1.807) is 0 Å². The van der Waals surface area contributed by atoms with Gasteiger partial charge in [0.25, 0.3) is 0 Å². The number of hydrogen-bond donors (Lipinski definition) is 1. The predicted molar refractivity (Wildman–Crippen MR) is 74.0 cm³/mol.